The molecule has 11 heavy (non-hydrogen) atoms. The molecule has 0 aromatic heterocycles. The van der Waals surface area contributed by atoms with Gasteiger partial charge in [-0.2, -0.15) is 0 Å². The predicted octanol–water partition coefficient (Wildman–Crippen LogP) is 3.95. The molecule has 0 heteroatoms. The lowest BCUT2D eigenvalue weighted by molar-refractivity contribution is 0.568. The van der Waals surface area contributed by atoms with Gasteiger partial charge in [-0.25, -0.2) is 0 Å². The lowest BCUT2D eigenvalue weighted by atomic mass is 10.0. The van der Waals surface area contributed by atoms with Crippen molar-refractivity contribution in [1.82, 2.24) is 0 Å². The van der Waals surface area contributed by atoms with Crippen LogP contribution in [-0.2, 0) is 0 Å². The lowest BCUT2D eigenvalue weighted by Crippen LogP contribution is -1.88. The zero-order valence-corrected chi connectivity index (χ0v) is 7.68. The molecule has 0 aliphatic rings. The molecule has 0 aliphatic carbocycles. The van der Waals surface area contributed by atoms with Gasteiger partial charge >= 0.3 is 0 Å². The first-order chi connectivity index (χ1) is 5.31. The first kappa shape index (κ1) is 10.5. The van der Waals surface area contributed by atoms with E-state index < -0.39 is 0 Å². The van der Waals surface area contributed by atoms with Crippen LogP contribution in [0.15, 0.2) is 25.3 Å². The van der Waals surface area contributed by atoms with Crippen LogP contribution in [0.5, 0.6) is 0 Å². The van der Waals surface area contributed by atoms with E-state index >= 15 is 0 Å². The fourth-order valence-electron chi connectivity index (χ4n) is 1.05. The zero-order valence-electron chi connectivity index (χ0n) is 7.68. The molecule has 0 saturated heterocycles. The Morgan fingerprint density at radius 2 is 1.91 bits per heavy atom. The molecule has 0 unspecified atom stereocenters. The van der Waals surface area contributed by atoms with Crippen LogP contribution in [0, 0.1) is 5.92 Å². The van der Waals surface area contributed by atoms with Crippen LogP contribution < -0.4 is 0 Å². The highest BCUT2D eigenvalue weighted by Crippen LogP contribution is 2.10. The molecule has 64 valence electrons. The third-order valence-corrected chi connectivity index (χ3v) is 1.97. The molecule has 0 saturated carbocycles. The summed E-state index contributed by atoms with van der Waals surface area (Å²) >= 11 is 0. The normalized spacial score (nSPS) is 12.5. The molecular weight excluding hydrogens is 132 g/mol. The van der Waals surface area contributed by atoms with E-state index in [1.54, 1.807) is 0 Å². The van der Waals surface area contributed by atoms with Gasteiger partial charge in [0.15, 0.2) is 0 Å². The fourth-order valence-corrected chi connectivity index (χ4v) is 1.05. The average Bonchev–Trinajstić information content (AvgIpc) is 2.04. The molecule has 0 rings (SSSR count). The predicted molar refractivity (Wildman–Crippen MR) is 52.6 cm³/mol. The van der Waals surface area contributed by atoms with E-state index in [0.29, 0.717) is 5.92 Å². The van der Waals surface area contributed by atoms with Crippen molar-refractivity contribution in [3.63, 3.8) is 0 Å². The molecule has 0 radical (unpaired) electrons. The monoisotopic (exact) mass is 152 g/mol. The first-order valence-electron chi connectivity index (χ1n) is 4.54. The number of allylic oxidation sites excluding steroid dienone is 2. The molecule has 0 aromatic rings. The second-order valence-electron chi connectivity index (χ2n) is 3.14. The van der Waals surface area contributed by atoms with E-state index in [1.807, 2.05) is 12.2 Å². The Labute approximate surface area is 71.0 Å². The Morgan fingerprint density at radius 1 is 1.18 bits per heavy atom. The lowest BCUT2D eigenvalue weighted by Gasteiger charge is -2.03. The number of unbranched alkanes of at least 4 members (excludes halogenated alkanes) is 3. The van der Waals surface area contributed by atoms with Gasteiger partial charge in [0.1, 0.15) is 0 Å². The molecule has 0 amide bonds. The summed E-state index contributed by atoms with van der Waals surface area (Å²) in [6, 6.07) is 0. The SMILES string of the molecule is C=CCCCCC[C@H](C)C=C. The van der Waals surface area contributed by atoms with E-state index in [9.17, 15) is 0 Å². The van der Waals surface area contributed by atoms with E-state index in [4.69, 9.17) is 0 Å². The van der Waals surface area contributed by atoms with Crippen molar-refractivity contribution in [2.45, 2.75) is 39.0 Å². The highest BCUT2D eigenvalue weighted by atomic mass is 14.0. The van der Waals surface area contributed by atoms with Gasteiger partial charge < -0.3 is 0 Å². The van der Waals surface area contributed by atoms with Gasteiger partial charge in [-0.3, -0.25) is 0 Å². The highest BCUT2D eigenvalue weighted by molar-refractivity contribution is 4.74. The van der Waals surface area contributed by atoms with E-state index in [1.165, 1.54) is 32.1 Å². The van der Waals surface area contributed by atoms with Gasteiger partial charge in [0.2, 0.25) is 0 Å². The average molecular weight is 152 g/mol. The summed E-state index contributed by atoms with van der Waals surface area (Å²) in [4.78, 5) is 0. The maximum Gasteiger partial charge on any atom is -0.0265 e. The van der Waals surface area contributed by atoms with E-state index in [2.05, 4.69) is 20.1 Å². The quantitative estimate of drug-likeness (QED) is 0.383. The third kappa shape index (κ3) is 7.38. The van der Waals surface area contributed by atoms with Crippen molar-refractivity contribution in [2.24, 2.45) is 5.92 Å². The summed E-state index contributed by atoms with van der Waals surface area (Å²) in [6.45, 7) is 9.68. The van der Waals surface area contributed by atoms with Crippen LogP contribution in [0.1, 0.15) is 39.0 Å². The largest absolute Gasteiger partial charge is 0.103 e. The maximum atomic E-state index is 3.76. The van der Waals surface area contributed by atoms with Crippen molar-refractivity contribution in [3.05, 3.63) is 25.3 Å². The van der Waals surface area contributed by atoms with E-state index in [-0.39, 0.29) is 0 Å². The van der Waals surface area contributed by atoms with Gasteiger partial charge in [0, 0.05) is 0 Å². The molecule has 1 atom stereocenters. The highest BCUT2D eigenvalue weighted by Gasteiger charge is 1.94. The van der Waals surface area contributed by atoms with Crippen LogP contribution >= 0.6 is 0 Å². The second-order valence-corrected chi connectivity index (χ2v) is 3.14. The molecule has 0 spiro atoms. The van der Waals surface area contributed by atoms with Crippen molar-refractivity contribution in [3.8, 4) is 0 Å². The Hall–Kier alpha value is -0.520. The minimum Gasteiger partial charge on any atom is -0.103 e. The summed E-state index contributed by atoms with van der Waals surface area (Å²) in [5, 5.41) is 0. The van der Waals surface area contributed by atoms with Crippen LogP contribution in [0.2, 0.25) is 0 Å². The molecule has 0 aromatic carbocycles. The van der Waals surface area contributed by atoms with Gasteiger partial charge in [0.05, 0.1) is 0 Å². The molecule has 0 nitrogen and oxygen atoms in total. The topological polar surface area (TPSA) is 0 Å². The zero-order chi connectivity index (χ0) is 8.53. The third-order valence-electron chi connectivity index (χ3n) is 1.97. The van der Waals surface area contributed by atoms with Crippen molar-refractivity contribution >= 4 is 0 Å². The molecule has 0 heterocycles. The Bertz CT molecular complexity index is 103. The maximum absolute atomic E-state index is 3.76. The van der Waals surface area contributed by atoms with E-state index in [0.717, 1.165) is 0 Å². The first-order valence-corrected chi connectivity index (χ1v) is 4.54. The van der Waals surface area contributed by atoms with Gasteiger partial charge in [-0.05, 0) is 25.2 Å². The second kappa shape index (κ2) is 7.59. The van der Waals surface area contributed by atoms with Crippen LogP contribution in [0.3, 0.4) is 0 Å². The minimum absolute atomic E-state index is 0.693. The smallest absolute Gasteiger partial charge is 0.0265 e. The fraction of sp³-hybridized carbons (Fsp3) is 0.636. The number of rotatable bonds is 7. The van der Waals surface area contributed by atoms with Gasteiger partial charge in [-0.1, -0.05) is 31.9 Å². The Kier molecular flexibility index (Phi) is 7.23. The molecular formula is C11H20. The van der Waals surface area contributed by atoms with Crippen molar-refractivity contribution in [2.75, 3.05) is 0 Å². The van der Waals surface area contributed by atoms with Crippen LogP contribution in [0.25, 0.3) is 0 Å². The summed E-state index contributed by atoms with van der Waals surface area (Å²) in [7, 11) is 0. The Morgan fingerprint density at radius 3 is 2.45 bits per heavy atom. The van der Waals surface area contributed by atoms with Crippen molar-refractivity contribution in [1.29, 1.82) is 0 Å². The summed E-state index contributed by atoms with van der Waals surface area (Å²) in [6.07, 6.45) is 10.5. The summed E-state index contributed by atoms with van der Waals surface area (Å²) in [5.74, 6) is 0.693. The summed E-state index contributed by atoms with van der Waals surface area (Å²) < 4.78 is 0. The summed E-state index contributed by atoms with van der Waals surface area (Å²) in [5.41, 5.74) is 0. The number of hydrogen-bond donors (Lipinski definition) is 0. The number of hydrogen-bond acceptors (Lipinski definition) is 0. The molecule has 0 aliphatic heterocycles. The van der Waals surface area contributed by atoms with Gasteiger partial charge in [0.25, 0.3) is 0 Å². The van der Waals surface area contributed by atoms with Crippen molar-refractivity contribution < 1.29 is 0 Å². The molecule has 0 bridgehead atoms. The van der Waals surface area contributed by atoms with Crippen LogP contribution in [-0.4, -0.2) is 0 Å². The Balaban J connectivity index is 3.01. The minimum atomic E-state index is 0.693. The van der Waals surface area contributed by atoms with Crippen LogP contribution in [0.4, 0.5) is 0 Å². The molecule has 0 fully saturated rings. The standard InChI is InChI=1S/C11H20/c1-4-6-7-8-9-10-11(3)5-2/h4-5,11H,1-2,6-10H2,3H3/t11-/m1/s1. The van der Waals surface area contributed by atoms with Gasteiger partial charge in [-0.15, -0.1) is 13.2 Å². The molecule has 0 N–H and O–H groups in total.